The lowest BCUT2D eigenvalue weighted by Gasteiger charge is -2.36. The maximum absolute atomic E-state index is 11.7. The quantitative estimate of drug-likeness (QED) is 0.647. The first-order valence-electron chi connectivity index (χ1n) is 5.94. The summed E-state index contributed by atoms with van der Waals surface area (Å²) in [5.74, 6) is 0.0804. The van der Waals surface area contributed by atoms with Crippen molar-refractivity contribution in [3.05, 3.63) is 0 Å². The second kappa shape index (κ2) is 6.83. The lowest BCUT2D eigenvalue weighted by Crippen LogP contribution is -2.51. The van der Waals surface area contributed by atoms with Crippen LogP contribution in [0.15, 0.2) is 0 Å². The smallest absolute Gasteiger partial charge is 0.248 e. The van der Waals surface area contributed by atoms with Gasteiger partial charge in [-0.05, 0) is 13.8 Å². The summed E-state index contributed by atoms with van der Waals surface area (Å²) < 4.78 is 5.14. The highest BCUT2D eigenvalue weighted by molar-refractivity contribution is 5.77. The first-order valence-corrected chi connectivity index (χ1v) is 5.94. The molecule has 0 unspecified atom stereocenters. The SMILES string of the molecule is CC(C)N1CCN(C(=O)COCCN)CC1. The van der Waals surface area contributed by atoms with E-state index in [9.17, 15) is 4.79 Å². The number of amides is 1. The fraction of sp³-hybridized carbons (Fsp3) is 0.909. The molecule has 0 aliphatic carbocycles. The summed E-state index contributed by atoms with van der Waals surface area (Å²) in [4.78, 5) is 15.9. The number of nitrogens with two attached hydrogens (primary N) is 1. The van der Waals surface area contributed by atoms with E-state index in [1.165, 1.54) is 0 Å². The average Bonchev–Trinajstić information content (AvgIpc) is 2.29. The molecular weight excluding hydrogens is 206 g/mol. The Kier molecular flexibility index (Phi) is 5.73. The average molecular weight is 229 g/mol. The molecule has 0 aromatic heterocycles. The van der Waals surface area contributed by atoms with Crippen LogP contribution in [0.25, 0.3) is 0 Å². The Bertz CT molecular complexity index is 213. The van der Waals surface area contributed by atoms with Gasteiger partial charge in [0.25, 0.3) is 0 Å². The number of nitrogens with zero attached hydrogens (tertiary/aromatic N) is 2. The molecule has 5 heteroatoms. The number of carbonyl (C=O) groups excluding carboxylic acids is 1. The molecule has 0 spiro atoms. The van der Waals surface area contributed by atoms with Crippen molar-refractivity contribution >= 4 is 5.91 Å². The predicted octanol–water partition coefficient (Wildman–Crippen LogP) is -0.486. The van der Waals surface area contributed by atoms with Crippen LogP contribution < -0.4 is 5.73 Å². The van der Waals surface area contributed by atoms with E-state index in [4.69, 9.17) is 10.5 Å². The summed E-state index contributed by atoms with van der Waals surface area (Å²) in [6.45, 7) is 8.99. The normalized spacial score (nSPS) is 18.1. The topological polar surface area (TPSA) is 58.8 Å². The van der Waals surface area contributed by atoms with Crippen molar-refractivity contribution in [2.24, 2.45) is 5.73 Å². The second-order valence-corrected chi connectivity index (χ2v) is 4.35. The van der Waals surface area contributed by atoms with Crippen LogP contribution in [0.1, 0.15) is 13.8 Å². The largest absolute Gasteiger partial charge is 0.370 e. The van der Waals surface area contributed by atoms with Gasteiger partial charge >= 0.3 is 0 Å². The third-order valence-corrected chi connectivity index (χ3v) is 2.88. The van der Waals surface area contributed by atoms with E-state index < -0.39 is 0 Å². The molecule has 1 rings (SSSR count). The number of piperazine rings is 1. The van der Waals surface area contributed by atoms with Crippen LogP contribution in [-0.4, -0.2) is 67.7 Å². The molecule has 0 bridgehead atoms. The lowest BCUT2D eigenvalue weighted by molar-refractivity contribution is -0.138. The zero-order chi connectivity index (χ0) is 12.0. The van der Waals surface area contributed by atoms with Crippen molar-refractivity contribution in [2.75, 3.05) is 45.9 Å². The van der Waals surface area contributed by atoms with Crippen molar-refractivity contribution in [3.8, 4) is 0 Å². The Balaban J connectivity index is 2.22. The van der Waals surface area contributed by atoms with E-state index in [2.05, 4.69) is 18.7 Å². The van der Waals surface area contributed by atoms with E-state index in [1.807, 2.05) is 4.90 Å². The molecule has 1 saturated heterocycles. The van der Waals surface area contributed by atoms with Crippen LogP contribution in [0.5, 0.6) is 0 Å². The van der Waals surface area contributed by atoms with Gasteiger partial charge in [-0.15, -0.1) is 0 Å². The van der Waals surface area contributed by atoms with Crippen LogP contribution in [0, 0.1) is 0 Å². The summed E-state index contributed by atoms with van der Waals surface area (Å²) in [7, 11) is 0. The van der Waals surface area contributed by atoms with E-state index in [1.54, 1.807) is 0 Å². The Morgan fingerprint density at radius 3 is 2.44 bits per heavy atom. The molecule has 2 N–H and O–H groups in total. The zero-order valence-corrected chi connectivity index (χ0v) is 10.3. The minimum atomic E-state index is 0.0804. The number of hydrogen-bond acceptors (Lipinski definition) is 4. The van der Waals surface area contributed by atoms with Crippen molar-refractivity contribution in [3.63, 3.8) is 0 Å². The summed E-state index contributed by atoms with van der Waals surface area (Å²) in [6, 6.07) is 0.561. The van der Waals surface area contributed by atoms with Gasteiger partial charge < -0.3 is 15.4 Å². The molecule has 16 heavy (non-hydrogen) atoms. The fourth-order valence-electron chi connectivity index (χ4n) is 1.82. The highest BCUT2D eigenvalue weighted by Gasteiger charge is 2.21. The number of rotatable bonds is 5. The number of ether oxygens (including phenoxy) is 1. The highest BCUT2D eigenvalue weighted by atomic mass is 16.5. The van der Waals surface area contributed by atoms with Crippen molar-refractivity contribution < 1.29 is 9.53 Å². The molecule has 0 atom stereocenters. The highest BCUT2D eigenvalue weighted by Crippen LogP contribution is 2.05. The minimum absolute atomic E-state index is 0.0804. The molecule has 5 nitrogen and oxygen atoms in total. The first-order chi connectivity index (χ1) is 7.65. The van der Waals surface area contributed by atoms with E-state index >= 15 is 0 Å². The molecule has 0 aromatic rings. The maximum atomic E-state index is 11.7. The van der Waals surface area contributed by atoms with Crippen molar-refractivity contribution in [2.45, 2.75) is 19.9 Å². The molecule has 94 valence electrons. The van der Waals surface area contributed by atoms with Gasteiger partial charge in [0.05, 0.1) is 6.61 Å². The number of carbonyl (C=O) groups is 1. The molecule has 0 aromatic carbocycles. The van der Waals surface area contributed by atoms with Gasteiger partial charge in [0.2, 0.25) is 5.91 Å². The molecule has 0 saturated carbocycles. The summed E-state index contributed by atoms with van der Waals surface area (Å²) in [5, 5.41) is 0. The lowest BCUT2D eigenvalue weighted by atomic mass is 10.2. The van der Waals surface area contributed by atoms with Crippen LogP contribution in [0.3, 0.4) is 0 Å². The fourth-order valence-corrected chi connectivity index (χ4v) is 1.82. The molecule has 1 heterocycles. The van der Waals surface area contributed by atoms with Crippen LogP contribution >= 0.6 is 0 Å². The molecule has 1 aliphatic rings. The van der Waals surface area contributed by atoms with Gasteiger partial charge in [-0.25, -0.2) is 0 Å². The van der Waals surface area contributed by atoms with Gasteiger partial charge in [-0.3, -0.25) is 9.69 Å². The van der Waals surface area contributed by atoms with Gasteiger partial charge in [-0.1, -0.05) is 0 Å². The third-order valence-electron chi connectivity index (χ3n) is 2.88. The van der Waals surface area contributed by atoms with Gasteiger partial charge in [0.15, 0.2) is 0 Å². The van der Waals surface area contributed by atoms with Crippen molar-refractivity contribution in [1.29, 1.82) is 0 Å². The van der Waals surface area contributed by atoms with E-state index in [-0.39, 0.29) is 12.5 Å². The predicted molar refractivity (Wildman–Crippen MR) is 63.2 cm³/mol. The standard InChI is InChI=1S/C11H23N3O2/c1-10(2)13-4-6-14(7-5-13)11(15)9-16-8-3-12/h10H,3-9,12H2,1-2H3. The Labute approximate surface area is 97.5 Å². The van der Waals surface area contributed by atoms with E-state index in [0.29, 0.717) is 19.2 Å². The Morgan fingerprint density at radius 1 is 1.31 bits per heavy atom. The first kappa shape index (κ1) is 13.4. The van der Waals surface area contributed by atoms with Crippen LogP contribution in [0.4, 0.5) is 0 Å². The summed E-state index contributed by atoms with van der Waals surface area (Å²) >= 11 is 0. The molecule has 1 fully saturated rings. The molecule has 0 radical (unpaired) electrons. The molecule has 1 amide bonds. The van der Waals surface area contributed by atoms with Gasteiger partial charge in [0.1, 0.15) is 6.61 Å². The second-order valence-electron chi connectivity index (χ2n) is 4.35. The minimum Gasteiger partial charge on any atom is -0.370 e. The maximum Gasteiger partial charge on any atom is 0.248 e. The molecule has 1 aliphatic heterocycles. The van der Waals surface area contributed by atoms with E-state index in [0.717, 1.165) is 26.2 Å². The van der Waals surface area contributed by atoms with Crippen LogP contribution in [0.2, 0.25) is 0 Å². The van der Waals surface area contributed by atoms with Crippen molar-refractivity contribution in [1.82, 2.24) is 9.80 Å². The van der Waals surface area contributed by atoms with Gasteiger partial charge in [0, 0.05) is 38.8 Å². The zero-order valence-electron chi connectivity index (χ0n) is 10.3. The monoisotopic (exact) mass is 229 g/mol. The Hall–Kier alpha value is -0.650. The van der Waals surface area contributed by atoms with Crippen LogP contribution in [-0.2, 0) is 9.53 Å². The molecular formula is C11H23N3O2. The van der Waals surface area contributed by atoms with Gasteiger partial charge in [-0.2, -0.15) is 0 Å². The Morgan fingerprint density at radius 2 is 1.94 bits per heavy atom. The summed E-state index contributed by atoms with van der Waals surface area (Å²) in [6.07, 6.45) is 0. The number of hydrogen-bond donors (Lipinski definition) is 1. The third kappa shape index (κ3) is 4.08. The summed E-state index contributed by atoms with van der Waals surface area (Å²) in [5.41, 5.74) is 5.29.